The molecule has 3 heteroatoms. The molecule has 0 amide bonds. The van der Waals surface area contributed by atoms with Crippen molar-refractivity contribution in [3.63, 3.8) is 0 Å². The molecular formula is C17H26BrNO. The Labute approximate surface area is 131 Å². The molecule has 1 aromatic rings. The molecule has 0 bridgehead atoms. The molecule has 1 aliphatic carbocycles. The molecule has 1 N–H and O–H groups in total. The predicted molar refractivity (Wildman–Crippen MR) is 88.4 cm³/mol. The van der Waals surface area contributed by atoms with Crippen LogP contribution in [0, 0.1) is 5.92 Å². The monoisotopic (exact) mass is 339 g/mol. The first-order valence-corrected chi connectivity index (χ1v) is 8.59. The molecule has 0 radical (unpaired) electrons. The van der Waals surface area contributed by atoms with Crippen LogP contribution in [0.3, 0.4) is 0 Å². The molecule has 1 saturated carbocycles. The molecule has 2 nitrogen and oxygen atoms in total. The topological polar surface area (TPSA) is 21.3 Å². The van der Waals surface area contributed by atoms with Gasteiger partial charge in [-0.2, -0.15) is 0 Å². The predicted octanol–water partition coefficient (Wildman–Crippen LogP) is 4.56. The van der Waals surface area contributed by atoms with E-state index in [0.29, 0.717) is 6.04 Å². The molecule has 0 aliphatic heterocycles. The minimum atomic E-state index is 0.684. The highest BCUT2D eigenvalue weighted by atomic mass is 79.9. The van der Waals surface area contributed by atoms with Crippen molar-refractivity contribution in [3.8, 4) is 5.75 Å². The van der Waals surface area contributed by atoms with E-state index in [1.54, 1.807) is 7.11 Å². The van der Waals surface area contributed by atoms with Gasteiger partial charge >= 0.3 is 0 Å². The van der Waals surface area contributed by atoms with Gasteiger partial charge in [-0.1, -0.05) is 25.8 Å². The van der Waals surface area contributed by atoms with Crippen LogP contribution in [0.5, 0.6) is 5.75 Å². The molecule has 20 heavy (non-hydrogen) atoms. The lowest BCUT2D eigenvalue weighted by Gasteiger charge is -2.24. The molecule has 2 rings (SSSR count). The van der Waals surface area contributed by atoms with Crippen LogP contribution in [0.1, 0.15) is 44.6 Å². The Balaban J connectivity index is 1.92. The van der Waals surface area contributed by atoms with Gasteiger partial charge in [0.15, 0.2) is 0 Å². The van der Waals surface area contributed by atoms with E-state index in [1.165, 1.54) is 37.7 Å². The molecule has 0 saturated heterocycles. The van der Waals surface area contributed by atoms with Crippen LogP contribution < -0.4 is 10.1 Å². The quantitative estimate of drug-likeness (QED) is 0.786. The zero-order chi connectivity index (χ0) is 14.4. The fourth-order valence-electron chi connectivity index (χ4n) is 3.31. The largest absolute Gasteiger partial charge is 0.496 e. The van der Waals surface area contributed by atoms with Gasteiger partial charge in [0.1, 0.15) is 5.75 Å². The van der Waals surface area contributed by atoms with Gasteiger partial charge in [-0.25, -0.2) is 0 Å². The highest BCUT2D eigenvalue weighted by Gasteiger charge is 2.23. The average molecular weight is 340 g/mol. The number of halogens is 1. The highest BCUT2D eigenvalue weighted by molar-refractivity contribution is 9.10. The SMILES string of the molecule is CCNC(CCc1ccc(OC)c(Br)c1)C1CCCC1. The van der Waals surface area contributed by atoms with Crippen LogP contribution in [0.25, 0.3) is 0 Å². The van der Waals surface area contributed by atoms with Crippen LogP contribution in [0.4, 0.5) is 0 Å². The second-order valence-electron chi connectivity index (χ2n) is 5.72. The van der Waals surface area contributed by atoms with Crippen LogP contribution in [-0.4, -0.2) is 19.7 Å². The van der Waals surface area contributed by atoms with Crippen molar-refractivity contribution < 1.29 is 4.74 Å². The average Bonchev–Trinajstić information content (AvgIpc) is 2.97. The molecule has 1 aromatic carbocycles. The summed E-state index contributed by atoms with van der Waals surface area (Å²) in [7, 11) is 1.71. The van der Waals surface area contributed by atoms with E-state index in [-0.39, 0.29) is 0 Å². The fraction of sp³-hybridized carbons (Fsp3) is 0.647. The Morgan fingerprint density at radius 1 is 1.35 bits per heavy atom. The first kappa shape index (κ1) is 15.8. The maximum absolute atomic E-state index is 5.29. The van der Waals surface area contributed by atoms with E-state index in [2.05, 4.69) is 46.4 Å². The minimum Gasteiger partial charge on any atom is -0.496 e. The summed E-state index contributed by atoms with van der Waals surface area (Å²) >= 11 is 3.57. The van der Waals surface area contributed by atoms with E-state index >= 15 is 0 Å². The van der Waals surface area contributed by atoms with Crippen molar-refractivity contribution in [1.29, 1.82) is 0 Å². The molecule has 0 heterocycles. The summed E-state index contributed by atoms with van der Waals surface area (Å²) in [5.41, 5.74) is 1.39. The second kappa shape index (κ2) is 8.04. The third-order valence-electron chi connectivity index (χ3n) is 4.40. The number of methoxy groups -OCH3 is 1. The number of rotatable bonds is 7. The Morgan fingerprint density at radius 3 is 2.70 bits per heavy atom. The summed E-state index contributed by atoms with van der Waals surface area (Å²) < 4.78 is 6.34. The van der Waals surface area contributed by atoms with Crippen molar-refractivity contribution >= 4 is 15.9 Å². The van der Waals surface area contributed by atoms with Gasteiger partial charge in [0, 0.05) is 6.04 Å². The Bertz CT molecular complexity index is 415. The Morgan fingerprint density at radius 2 is 2.10 bits per heavy atom. The third-order valence-corrected chi connectivity index (χ3v) is 5.02. The van der Waals surface area contributed by atoms with Crippen molar-refractivity contribution in [3.05, 3.63) is 28.2 Å². The lowest BCUT2D eigenvalue weighted by Crippen LogP contribution is -2.35. The van der Waals surface area contributed by atoms with Crippen LogP contribution in [0.2, 0.25) is 0 Å². The first-order valence-electron chi connectivity index (χ1n) is 7.80. The van der Waals surface area contributed by atoms with Crippen LogP contribution >= 0.6 is 15.9 Å². The first-order chi connectivity index (χ1) is 9.74. The molecule has 1 fully saturated rings. The zero-order valence-electron chi connectivity index (χ0n) is 12.6. The number of ether oxygens (including phenoxy) is 1. The van der Waals surface area contributed by atoms with Gasteiger partial charge < -0.3 is 10.1 Å². The van der Waals surface area contributed by atoms with Gasteiger partial charge in [-0.15, -0.1) is 0 Å². The lowest BCUT2D eigenvalue weighted by atomic mass is 9.92. The zero-order valence-corrected chi connectivity index (χ0v) is 14.2. The maximum atomic E-state index is 5.29. The highest BCUT2D eigenvalue weighted by Crippen LogP contribution is 2.30. The summed E-state index contributed by atoms with van der Waals surface area (Å²) in [6, 6.07) is 7.11. The lowest BCUT2D eigenvalue weighted by molar-refractivity contribution is 0.346. The summed E-state index contributed by atoms with van der Waals surface area (Å²) in [4.78, 5) is 0. The van der Waals surface area contributed by atoms with E-state index in [1.807, 2.05) is 0 Å². The third kappa shape index (κ3) is 4.23. The number of nitrogens with one attached hydrogen (secondary N) is 1. The van der Waals surface area contributed by atoms with Crippen LogP contribution in [0.15, 0.2) is 22.7 Å². The van der Waals surface area contributed by atoms with Gasteiger partial charge in [0.2, 0.25) is 0 Å². The molecule has 0 aromatic heterocycles. The molecule has 112 valence electrons. The van der Waals surface area contributed by atoms with E-state index < -0.39 is 0 Å². The van der Waals surface area contributed by atoms with Crippen molar-refractivity contribution in [2.24, 2.45) is 5.92 Å². The van der Waals surface area contributed by atoms with Crippen molar-refractivity contribution in [2.75, 3.05) is 13.7 Å². The minimum absolute atomic E-state index is 0.684. The Hall–Kier alpha value is -0.540. The smallest absolute Gasteiger partial charge is 0.133 e. The maximum Gasteiger partial charge on any atom is 0.133 e. The van der Waals surface area contributed by atoms with Crippen molar-refractivity contribution in [2.45, 2.75) is 51.5 Å². The van der Waals surface area contributed by atoms with Gasteiger partial charge in [0.25, 0.3) is 0 Å². The van der Waals surface area contributed by atoms with Gasteiger partial charge in [-0.3, -0.25) is 0 Å². The fourth-order valence-corrected chi connectivity index (χ4v) is 3.90. The molecule has 1 aliphatic rings. The summed E-state index contributed by atoms with van der Waals surface area (Å²) in [6.45, 7) is 3.29. The van der Waals surface area contributed by atoms with Crippen molar-refractivity contribution in [1.82, 2.24) is 5.32 Å². The second-order valence-corrected chi connectivity index (χ2v) is 6.57. The molecule has 0 spiro atoms. The van der Waals surface area contributed by atoms with Gasteiger partial charge in [0.05, 0.1) is 11.6 Å². The number of hydrogen-bond acceptors (Lipinski definition) is 2. The normalized spacial score (nSPS) is 17.4. The number of hydrogen-bond donors (Lipinski definition) is 1. The summed E-state index contributed by atoms with van der Waals surface area (Å²) in [5.74, 6) is 1.80. The number of benzene rings is 1. The standard InChI is InChI=1S/C17H26BrNO/c1-3-19-16(14-6-4-5-7-14)10-8-13-9-11-17(20-2)15(18)12-13/h9,11-12,14,16,19H,3-8,10H2,1-2H3. The number of aryl methyl sites for hydroxylation is 1. The molecule has 1 unspecified atom stereocenters. The van der Waals surface area contributed by atoms with E-state index in [0.717, 1.165) is 29.1 Å². The molecular weight excluding hydrogens is 314 g/mol. The van der Waals surface area contributed by atoms with Crippen LogP contribution in [-0.2, 0) is 6.42 Å². The Kier molecular flexibility index (Phi) is 6.37. The van der Waals surface area contributed by atoms with E-state index in [9.17, 15) is 0 Å². The van der Waals surface area contributed by atoms with Gasteiger partial charge in [-0.05, 0) is 71.8 Å². The summed E-state index contributed by atoms with van der Waals surface area (Å²) in [6.07, 6.45) is 8.02. The van der Waals surface area contributed by atoms with E-state index in [4.69, 9.17) is 4.74 Å². The summed E-state index contributed by atoms with van der Waals surface area (Å²) in [5, 5.41) is 3.70. The molecule has 1 atom stereocenters.